The van der Waals surface area contributed by atoms with Gasteiger partial charge >= 0.3 is 0 Å². The Morgan fingerprint density at radius 2 is 1.65 bits per heavy atom. The fourth-order valence-electron chi connectivity index (χ4n) is 4.81. The van der Waals surface area contributed by atoms with Crippen molar-refractivity contribution in [3.63, 3.8) is 0 Å². The van der Waals surface area contributed by atoms with E-state index in [9.17, 15) is 0 Å². The van der Waals surface area contributed by atoms with Gasteiger partial charge in [-0.2, -0.15) is 0 Å². The average molecular weight is 335 g/mol. The molecular formula is C24H19N2+. The first-order valence-corrected chi connectivity index (χ1v) is 9.11. The van der Waals surface area contributed by atoms with Crippen molar-refractivity contribution in [3.05, 3.63) is 71.9 Å². The van der Waals surface area contributed by atoms with Crippen LogP contribution in [-0.2, 0) is 7.05 Å². The highest BCUT2D eigenvalue weighted by atomic mass is 14.9. The van der Waals surface area contributed by atoms with E-state index in [-0.39, 0.29) is 0 Å². The zero-order valence-electron chi connectivity index (χ0n) is 15.2. The van der Waals surface area contributed by atoms with Gasteiger partial charge in [-0.25, -0.2) is 4.57 Å². The first-order chi connectivity index (χ1) is 12.6. The SMILES string of the molecule is Cc1cc2cc[n+](C)c3c4c(C)ccc5c6ccccc6n(c(c1)c23)c54. The molecular weight excluding hydrogens is 316 g/mol. The average Bonchev–Trinajstić information content (AvgIpc) is 2.97. The minimum absolute atomic E-state index is 1.29. The topological polar surface area (TPSA) is 8.29 Å². The molecule has 0 bridgehead atoms. The lowest BCUT2D eigenvalue weighted by Crippen LogP contribution is -2.28. The van der Waals surface area contributed by atoms with Crippen LogP contribution < -0.4 is 4.57 Å². The maximum Gasteiger partial charge on any atom is 0.224 e. The van der Waals surface area contributed by atoms with Crippen molar-refractivity contribution in [3.8, 4) is 0 Å². The van der Waals surface area contributed by atoms with Gasteiger partial charge in [0.25, 0.3) is 0 Å². The van der Waals surface area contributed by atoms with Crippen LogP contribution in [-0.4, -0.2) is 4.40 Å². The second-order valence-corrected chi connectivity index (χ2v) is 7.53. The molecule has 3 heterocycles. The third-order valence-corrected chi connectivity index (χ3v) is 5.88. The molecule has 2 heteroatoms. The third-order valence-electron chi connectivity index (χ3n) is 5.88. The molecule has 0 N–H and O–H groups in total. The zero-order valence-corrected chi connectivity index (χ0v) is 15.2. The zero-order chi connectivity index (χ0) is 17.6. The quantitative estimate of drug-likeness (QED) is 0.199. The number of rotatable bonds is 0. The van der Waals surface area contributed by atoms with Gasteiger partial charge in [0.2, 0.25) is 5.52 Å². The van der Waals surface area contributed by atoms with Crippen LogP contribution in [0.1, 0.15) is 11.1 Å². The van der Waals surface area contributed by atoms with Crippen LogP contribution in [0.4, 0.5) is 0 Å². The summed E-state index contributed by atoms with van der Waals surface area (Å²) in [6.45, 7) is 4.42. The number of benzene rings is 3. The Labute approximate surface area is 151 Å². The van der Waals surface area contributed by atoms with E-state index < -0.39 is 0 Å². The standard InChI is InChI=1S/C24H19N2/c1-14-12-16-10-11-25(3)24-21-15(2)8-9-18-17-6-4-5-7-19(17)26(23(18)21)20(13-14)22(16)24/h4-13H,1-3H3/q+1. The van der Waals surface area contributed by atoms with Crippen molar-refractivity contribution >= 4 is 49.0 Å². The summed E-state index contributed by atoms with van der Waals surface area (Å²) in [4.78, 5) is 0. The lowest BCUT2D eigenvalue weighted by Gasteiger charge is -2.13. The minimum atomic E-state index is 1.29. The van der Waals surface area contributed by atoms with Gasteiger partial charge in [0.15, 0.2) is 6.20 Å². The third kappa shape index (κ3) is 1.51. The van der Waals surface area contributed by atoms with E-state index in [2.05, 4.69) is 90.7 Å². The van der Waals surface area contributed by atoms with Crippen molar-refractivity contribution in [2.45, 2.75) is 13.8 Å². The molecule has 0 radical (unpaired) electrons. The van der Waals surface area contributed by atoms with Crippen LogP contribution in [0.5, 0.6) is 0 Å². The van der Waals surface area contributed by atoms with Gasteiger partial charge in [-0.15, -0.1) is 0 Å². The maximum absolute atomic E-state index is 2.48. The maximum atomic E-state index is 2.48. The molecule has 0 fully saturated rings. The summed E-state index contributed by atoms with van der Waals surface area (Å²) < 4.78 is 4.76. The molecule has 6 aromatic rings. The molecule has 0 unspecified atom stereocenters. The van der Waals surface area contributed by atoms with E-state index in [1.807, 2.05) is 0 Å². The number of aryl methyl sites for hydroxylation is 3. The summed E-state index contributed by atoms with van der Waals surface area (Å²) in [5.41, 5.74) is 7.89. The Bertz CT molecular complexity index is 1500. The Balaban J connectivity index is 2.17. The van der Waals surface area contributed by atoms with Gasteiger partial charge in [0, 0.05) is 16.8 Å². The van der Waals surface area contributed by atoms with Crippen LogP contribution >= 0.6 is 0 Å². The number of hydrogen-bond acceptors (Lipinski definition) is 0. The van der Waals surface area contributed by atoms with Gasteiger partial charge in [-0.1, -0.05) is 36.4 Å². The second-order valence-electron chi connectivity index (χ2n) is 7.53. The molecule has 3 aromatic carbocycles. The lowest BCUT2D eigenvalue weighted by molar-refractivity contribution is -0.643. The fraction of sp³-hybridized carbons (Fsp3) is 0.125. The molecule has 0 saturated carbocycles. The van der Waals surface area contributed by atoms with Gasteiger partial charge in [-0.05, 0) is 42.5 Å². The molecule has 2 nitrogen and oxygen atoms in total. The Morgan fingerprint density at radius 3 is 2.54 bits per heavy atom. The molecule has 0 saturated heterocycles. The van der Waals surface area contributed by atoms with E-state index >= 15 is 0 Å². The van der Waals surface area contributed by atoms with Crippen LogP contribution in [0.3, 0.4) is 0 Å². The summed E-state index contributed by atoms with van der Waals surface area (Å²) in [7, 11) is 2.16. The number of pyridine rings is 2. The molecule has 0 aliphatic heterocycles. The molecule has 0 aliphatic rings. The number of fused-ring (bicyclic) bond motifs is 5. The summed E-state index contributed by atoms with van der Waals surface area (Å²) in [6.07, 6.45) is 2.19. The molecule has 0 spiro atoms. The molecule has 124 valence electrons. The molecule has 0 amide bonds. The van der Waals surface area contributed by atoms with Crippen LogP contribution in [0.25, 0.3) is 49.0 Å². The van der Waals surface area contributed by atoms with E-state index in [1.165, 1.54) is 60.1 Å². The summed E-state index contributed by atoms with van der Waals surface area (Å²) in [6, 6.07) is 20.2. The van der Waals surface area contributed by atoms with Crippen molar-refractivity contribution < 1.29 is 4.57 Å². The van der Waals surface area contributed by atoms with Crippen molar-refractivity contribution in [1.82, 2.24) is 4.40 Å². The fourth-order valence-corrected chi connectivity index (χ4v) is 4.81. The molecule has 6 rings (SSSR count). The first-order valence-electron chi connectivity index (χ1n) is 9.11. The number of nitrogens with zero attached hydrogens (tertiary/aromatic N) is 2. The van der Waals surface area contributed by atoms with Crippen LogP contribution in [0.15, 0.2) is 60.8 Å². The van der Waals surface area contributed by atoms with E-state index in [1.54, 1.807) is 0 Å². The minimum Gasteiger partial charge on any atom is -0.307 e. The second kappa shape index (κ2) is 4.53. The van der Waals surface area contributed by atoms with Gasteiger partial charge in [0.1, 0.15) is 7.05 Å². The van der Waals surface area contributed by atoms with Gasteiger partial charge in [0.05, 0.1) is 27.3 Å². The summed E-state index contributed by atoms with van der Waals surface area (Å²) >= 11 is 0. The molecule has 3 aromatic heterocycles. The highest BCUT2D eigenvalue weighted by Gasteiger charge is 2.23. The summed E-state index contributed by atoms with van der Waals surface area (Å²) in [5.74, 6) is 0. The van der Waals surface area contributed by atoms with Gasteiger partial charge < -0.3 is 4.40 Å². The summed E-state index contributed by atoms with van der Waals surface area (Å²) in [5, 5.41) is 6.69. The normalized spacial score (nSPS) is 12.4. The Hall–Kier alpha value is -3.13. The predicted molar refractivity (Wildman–Crippen MR) is 109 cm³/mol. The highest BCUT2D eigenvalue weighted by molar-refractivity contribution is 6.25. The van der Waals surface area contributed by atoms with Crippen LogP contribution in [0, 0.1) is 13.8 Å². The molecule has 0 atom stereocenters. The van der Waals surface area contributed by atoms with E-state index in [0.717, 1.165) is 0 Å². The van der Waals surface area contributed by atoms with E-state index in [0.29, 0.717) is 0 Å². The van der Waals surface area contributed by atoms with Crippen molar-refractivity contribution in [2.75, 3.05) is 0 Å². The van der Waals surface area contributed by atoms with Crippen molar-refractivity contribution in [1.29, 1.82) is 0 Å². The number of hydrogen-bond donors (Lipinski definition) is 0. The predicted octanol–water partition coefficient (Wildman–Crippen LogP) is 5.43. The molecule has 0 aliphatic carbocycles. The van der Waals surface area contributed by atoms with Crippen molar-refractivity contribution in [2.24, 2.45) is 7.05 Å². The smallest absolute Gasteiger partial charge is 0.224 e. The molecule has 26 heavy (non-hydrogen) atoms. The first kappa shape index (κ1) is 14.1. The lowest BCUT2D eigenvalue weighted by atomic mass is 9.99. The Morgan fingerprint density at radius 1 is 0.808 bits per heavy atom. The largest absolute Gasteiger partial charge is 0.307 e. The Kier molecular flexibility index (Phi) is 2.45. The monoisotopic (exact) mass is 335 g/mol. The number of aromatic nitrogens is 2. The van der Waals surface area contributed by atoms with E-state index in [4.69, 9.17) is 0 Å². The highest BCUT2D eigenvalue weighted by Crippen LogP contribution is 2.40. The number of para-hydroxylation sites is 1. The van der Waals surface area contributed by atoms with Crippen LogP contribution in [0.2, 0.25) is 0 Å². The van der Waals surface area contributed by atoms with Gasteiger partial charge in [-0.3, -0.25) is 0 Å².